The van der Waals surface area contributed by atoms with E-state index in [-0.39, 0.29) is 0 Å². The van der Waals surface area contributed by atoms with Crippen LogP contribution >= 0.6 is 0 Å². The molecule has 0 saturated heterocycles. The van der Waals surface area contributed by atoms with Crippen LogP contribution in [0.4, 0.5) is 4.79 Å². The number of carbonyl (C=O) groups is 1. The quantitative estimate of drug-likeness (QED) is 0.433. The van der Waals surface area contributed by atoms with Gasteiger partial charge in [-0.05, 0) is 42.3 Å². The number of hydrogen-bond donors (Lipinski definition) is 2. The molecule has 6 heteroatoms. The van der Waals surface area contributed by atoms with Crippen molar-refractivity contribution in [2.24, 2.45) is 5.73 Å². The maximum atomic E-state index is 11.9. The fourth-order valence-electron chi connectivity index (χ4n) is 3.43. The molecule has 2 aromatic heterocycles. The Labute approximate surface area is 143 Å². The highest BCUT2D eigenvalue weighted by Gasteiger charge is 2.40. The molecule has 0 bridgehead atoms. The fourth-order valence-corrected chi connectivity index (χ4v) is 3.43. The van der Waals surface area contributed by atoms with Crippen LogP contribution in [0.25, 0.3) is 21.9 Å². The van der Waals surface area contributed by atoms with E-state index in [4.69, 9.17) is 14.6 Å². The number of amides is 2. The number of furan rings is 2. The van der Waals surface area contributed by atoms with Crippen LogP contribution in [0, 0.1) is 0 Å². The minimum atomic E-state index is -1.24. The van der Waals surface area contributed by atoms with Gasteiger partial charge in [0.25, 0.3) is 0 Å². The van der Waals surface area contributed by atoms with Gasteiger partial charge in [-0.1, -0.05) is 24.3 Å². The lowest BCUT2D eigenvalue weighted by atomic mass is 9.81. The number of hydroxylamine groups is 2. The second kappa shape index (κ2) is 5.39. The first-order valence-corrected chi connectivity index (χ1v) is 7.75. The molecule has 3 N–H and O–H groups in total. The molecule has 0 spiro atoms. The van der Waals surface area contributed by atoms with Gasteiger partial charge in [-0.2, -0.15) is 5.06 Å². The van der Waals surface area contributed by atoms with Crippen molar-refractivity contribution in [3.63, 3.8) is 0 Å². The second-order valence-corrected chi connectivity index (χ2v) is 6.00. The number of rotatable bonds is 3. The molecule has 25 heavy (non-hydrogen) atoms. The zero-order chi connectivity index (χ0) is 17.6. The zero-order valence-electron chi connectivity index (χ0n) is 13.5. The second-order valence-electron chi connectivity index (χ2n) is 6.00. The monoisotopic (exact) mass is 336 g/mol. The van der Waals surface area contributed by atoms with Gasteiger partial charge in [0.1, 0.15) is 16.7 Å². The Hall–Kier alpha value is -3.25. The van der Waals surface area contributed by atoms with Crippen molar-refractivity contribution >= 4 is 28.0 Å². The van der Waals surface area contributed by atoms with E-state index in [0.717, 1.165) is 10.8 Å². The lowest BCUT2D eigenvalue weighted by Gasteiger charge is -2.37. The number of hydrogen-bond acceptors (Lipinski definition) is 4. The molecule has 0 saturated carbocycles. The van der Waals surface area contributed by atoms with Gasteiger partial charge >= 0.3 is 6.03 Å². The molecule has 0 atom stereocenters. The molecule has 0 fully saturated rings. The molecule has 4 aromatic rings. The predicted molar refractivity (Wildman–Crippen MR) is 92.1 cm³/mol. The summed E-state index contributed by atoms with van der Waals surface area (Å²) < 4.78 is 10.9. The normalized spacial score (nSPS) is 11.9. The van der Waals surface area contributed by atoms with Gasteiger partial charge in [0, 0.05) is 10.8 Å². The minimum Gasteiger partial charge on any atom is -0.464 e. The Bertz CT molecular complexity index is 1010. The molecule has 0 aliphatic rings. The van der Waals surface area contributed by atoms with Crippen LogP contribution in [-0.2, 0) is 5.54 Å². The van der Waals surface area contributed by atoms with E-state index in [1.54, 1.807) is 31.6 Å². The largest absolute Gasteiger partial charge is 0.464 e. The van der Waals surface area contributed by atoms with Crippen molar-refractivity contribution in [1.29, 1.82) is 0 Å². The number of carbonyl (C=O) groups excluding carboxylic acids is 1. The van der Waals surface area contributed by atoms with Crippen LogP contribution in [0.5, 0.6) is 0 Å². The van der Waals surface area contributed by atoms with Crippen LogP contribution in [0.1, 0.15) is 18.1 Å². The number of nitrogens with zero attached hydrogens (tertiary/aromatic N) is 1. The van der Waals surface area contributed by atoms with Crippen LogP contribution in [-0.4, -0.2) is 16.3 Å². The van der Waals surface area contributed by atoms with Crippen LogP contribution in [0.15, 0.2) is 69.9 Å². The molecule has 6 nitrogen and oxygen atoms in total. The highest BCUT2D eigenvalue weighted by atomic mass is 16.5. The van der Waals surface area contributed by atoms with Gasteiger partial charge in [-0.3, -0.25) is 5.21 Å². The standard InChI is InChI=1S/C19H16N2O4/c1-19(21(23)18(20)22,14-4-2-6-16-12(14)8-10-24-16)15-5-3-7-17-13(15)9-11-25-17/h2-11,23H,1H3,(H2,20,22). The molecule has 0 unspecified atom stereocenters. The lowest BCUT2D eigenvalue weighted by Crippen LogP contribution is -2.48. The molecule has 0 aliphatic carbocycles. The number of urea groups is 1. The van der Waals surface area contributed by atoms with Gasteiger partial charge in [-0.25, -0.2) is 4.79 Å². The van der Waals surface area contributed by atoms with E-state index in [0.29, 0.717) is 27.4 Å². The lowest BCUT2D eigenvalue weighted by molar-refractivity contribution is -0.104. The maximum absolute atomic E-state index is 11.9. The van der Waals surface area contributed by atoms with Crippen molar-refractivity contribution in [2.45, 2.75) is 12.5 Å². The average molecular weight is 336 g/mol. The van der Waals surface area contributed by atoms with Crippen LogP contribution < -0.4 is 5.73 Å². The third-order valence-corrected chi connectivity index (χ3v) is 4.67. The van der Waals surface area contributed by atoms with Crippen LogP contribution in [0.3, 0.4) is 0 Å². The van der Waals surface area contributed by atoms with Gasteiger partial charge < -0.3 is 14.6 Å². The number of primary amides is 1. The third-order valence-electron chi connectivity index (χ3n) is 4.67. The summed E-state index contributed by atoms with van der Waals surface area (Å²) in [6.45, 7) is 1.74. The first kappa shape index (κ1) is 15.3. The van der Waals surface area contributed by atoms with E-state index in [1.807, 2.05) is 36.4 Å². The molecule has 2 aromatic carbocycles. The summed E-state index contributed by atoms with van der Waals surface area (Å²) >= 11 is 0. The summed E-state index contributed by atoms with van der Waals surface area (Å²) in [5, 5.41) is 12.8. The minimum absolute atomic E-state index is 0.552. The fraction of sp³-hybridized carbons (Fsp3) is 0.105. The van der Waals surface area contributed by atoms with Gasteiger partial charge in [0.2, 0.25) is 0 Å². The van der Waals surface area contributed by atoms with Crippen molar-refractivity contribution in [3.05, 3.63) is 72.2 Å². The first-order chi connectivity index (χ1) is 12.0. The summed E-state index contributed by atoms with van der Waals surface area (Å²) in [5.74, 6) is 0. The van der Waals surface area contributed by atoms with Gasteiger partial charge in [0.05, 0.1) is 12.5 Å². The number of benzene rings is 2. The summed E-state index contributed by atoms with van der Waals surface area (Å²) in [6, 6.07) is 13.6. The topological polar surface area (TPSA) is 92.8 Å². The van der Waals surface area contributed by atoms with E-state index >= 15 is 0 Å². The Morgan fingerprint density at radius 2 is 1.44 bits per heavy atom. The predicted octanol–water partition coefficient (Wildman–Crippen LogP) is 4.21. The third kappa shape index (κ3) is 2.11. The first-order valence-electron chi connectivity index (χ1n) is 7.75. The Morgan fingerprint density at radius 1 is 0.960 bits per heavy atom. The van der Waals surface area contributed by atoms with E-state index in [9.17, 15) is 10.0 Å². The Balaban J connectivity index is 2.09. The SMILES string of the molecule is CC(c1cccc2occc12)(c1cccc2occc12)N(O)C(N)=O. The molecular weight excluding hydrogens is 320 g/mol. The van der Waals surface area contributed by atoms with Crippen molar-refractivity contribution in [3.8, 4) is 0 Å². The molecular formula is C19H16N2O4. The zero-order valence-corrected chi connectivity index (χ0v) is 13.5. The molecule has 4 rings (SSSR count). The smallest absolute Gasteiger partial charge is 0.339 e. The maximum Gasteiger partial charge on any atom is 0.339 e. The molecule has 0 radical (unpaired) electrons. The Kier molecular flexibility index (Phi) is 3.30. The van der Waals surface area contributed by atoms with Crippen molar-refractivity contribution in [1.82, 2.24) is 5.06 Å². The molecule has 2 amide bonds. The summed E-state index contributed by atoms with van der Waals surface area (Å²) in [7, 11) is 0. The van der Waals surface area contributed by atoms with E-state index in [1.165, 1.54) is 0 Å². The van der Waals surface area contributed by atoms with Gasteiger partial charge in [-0.15, -0.1) is 0 Å². The molecule has 0 aliphatic heterocycles. The van der Waals surface area contributed by atoms with E-state index in [2.05, 4.69) is 0 Å². The highest BCUT2D eigenvalue weighted by Crippen LogP contribution is 2.41. The number of nitrogens with two attached hydrogens (primary N) is 1. The molecule has 2 heterocycles. The van der Waals surface area contributed by atoms with E-state index < -0.39 is 11.6 Å². The van der Waals surface area contributed by atoms with Crippen LogP contribution in [0.2, 0.25) is 0 Å². The summed E-state index contributed by atoms with van der Waals surface area (Å²) in [5.41, 5.74) is 6.87. The summed E-state index contributed by atoms with van der Waals surface area (Å²) in [4.78, 5) is 11.9. The average Bonchev–Trinajstić information content (AvgIpc) is 3.28. The highest BCUT2D eigenvalue weighted by molar-refractivity contribution is 5.88. The molecule has 126 valence electrons. The summed E-state index contributed by atoms with van der Waals surface area (Å²) in [6.07, 6.45) is 3.14. The Morgan fingerprint density at radius 3 is 1.88 bits per heavy atom. The van der Waals surface area contributed by atoms with Crippen molar-refractivity contribution < 1.29 is 18.8 Å². The van der Waals surface area contributed by atoms with Crippen molar-refractivity contribution in [2.75, 3.05) is 0 Å². The van der Waals surface area contributed by atoms with Gasteiger partial charge in [0.15, 0.2) is 0 Å². The number of fused-ring (bicyclic) bond motifs is 2.